The van der Waals surface area contributed by atoms with Crippen LogP contribution in [0.1, 0.15) is 29.6 Å². The third kappa shape index (κ3) is 2.80. The van der Waals surface area contributed by atoms with Crippen molar-refractivity contribution in [1.29, 1.82) is 0 Å². The summed E-state index contributed by atoms with van der Waals surface area (Å²) in [4.78, 5) is 8.92. The number of methoxy groups -OCH3 is 1. The highest BCUT2D eigenvalue weighted by molar-refractivity contribution is 14.1. The molecule has 2 rings (SSSR count). The molecule has 0 spiro atoms. The maximum atomic E-state index is 6.11. The molecule has 0 amide bonds. The van der Waals surface area contributed by atoms with E-state index in [-0.39, 0.29) is 0 Å². The van der Waals surface area contributed by atoms with Gasteiger partial charge in [0.2, 0.25) is 0 Å². The normalized spacial score (nSPS) is 20.3. The van der Waals surface area contributed by atoms with Gasteiger partial charge in [0.05, 0.1) is 21.1 Å². The van der Waals surface area contributed by atoms with Crippen LogP contribution in [0.25, 0.3) is 0 Å². The first-order chi connectivity index (χ1) is 7.72. The van der Waals surface area contributed by atoms with Crippen LogP contribution in [0, 0.1) is 3.57 Å². The Balaban J connectivity index is 2.31. The van der Waals surface area contributed by atoms with Gasteiger partial charge in [0, 0.05) is 7.11 Å². The first-order valence-electron chi connectivity index (χ1n) is 5.04. The van der Waals surface area contributed by atoms with Crippen molar-refractivity contribution in [2.24, 2.45) is 0 Å². The van der Waals surface area contributed by atoms with Crippen LogP contribution in [-0.2, 0) is 11.3 Å². The van der Waals surface area contributed by atoms with Crippen molar-refractivity contribution < 1.29 is 4.74 Å². The molecule has 3 nitrogen and oxygen atoms in total. The van der Waals surface area contributed by atoms with Crippen LogP contribution in [0.4, 0.5) is 0 Å². The van der Waals surface area contributed by atoms with E-state index in [1.807, 2.05) is 11.8 Å². The summed E-state index contributed by atoms with van der Waals surface area (Å²) in [6, 6.07) is 0. The van der Waals surface area contributed by atoms with Crippen LogP contribution < -0.4 is 0 Å². The molecular formula is C10H12ClIN2OS. The molecule has 1 aromatic rings. The number of nitrogens with zero attached hydrogens (tertiary/aromatic N) is 2. The minimum absolute atomic E-state index is 0.408. The van der Waals surface area contributed by atoms with Gasteiger partial charge in [-0.25, -0.2) is 9.97 Å². The highest BCUT2D eigenvalue weighted by Crippen LogP contribution is 2.39. The maximum Gasteiger partial charge on any atom is 0.146 e. The van der Waals surface area contributed by atoms with Gasteiger partial charge in [0.25, 0.3) is 0 Å². The van der Waals surface area contributed by atoms with Crippen molar-refractivity contribution in [1.82, 2.24) is 9.97 Å². The average molecular weight is 371 g/mol. The van der Waals surface area contributed by atoms with Gasteiger partial charge >= 0.3 is 0 Å². The number of ether oxygens (including phenoxy) is 1. The van der Waals surface area contributed by atoms with Crippen LogP contribution in [0.5, 0.6) is 0 Å². The summed E-state index contributed by atoms with van der Waals surface area (Å²) in [5, 5.41) is 0.954. The van der Waals surface area contributed by atoms with Crippen molar-refractivity contribution in [2.75, 3.05) is 12.9 Å². The van der Waals surface area contributed by atoms with Crippen LogP contribution >= 0.6 is 46.0 Å². The van der Waals surface area contributed by atoms with Gasteiger partial charge in [0.15, 0.2) is 0 Å². The van der Waals surface area contributed by atoms with Crippen LogP contribution in [0.2, 0.25) is 5.15 Å². The molecule has 6 heteroatoms. The minimum atomic E-state index is 0.408. The zero-order valence-electron chi connectivity index (χ0n) is 8.87. The van der Waals surface area contributed by atoms with E-state index in [2.05, 4.69) is 32.6 Å². The molecule has 0 saturated carbocycles. The van der Waals surface area contributed by atoms with Gasteiger partial charge < -0.3 is 4.74 Å². The van der Waals surface area contributed by atoms with E-state index in [1.165, 1.54) is 12.2 Å². The third-order valence-corrected chi connectivity index (χ3v) is 5.49. The van der Waals surface area contributed by atoms with Gasteiger partial charge in [-0.2, -0.15) is 11.8 Å². The molecule has 1 atom stereocenters. The number of hydrogen-bond acceptors (Lipinski definition) is 4. The Morgan fingerprint density at radius 3 is 3.00 bits per heavy atom. The highest BCUT2D eigenvalue weighted by Gasteiger charge is 2.22. The monoisotopic (exact) mass is 370 g/mol. The molecule has 1 saturated heterocycles. The summed E-state index contributed by atoms with van der Waals surface area (Å²) in [5.74, 6) is 2.05. The first kappa shape index (κ1) is 12.9. The summed E-state index contributed by atoms with van der Waals surface area (Å²) in [6.07, 6.45) is 2.38. The number of aromatic nitrogens is 2. The fraction of sp³-hybridized carbons (Fsp3) is 0.600. The Morgan fingerprint density at radius 1 is 1.56 bits per heavy atom. The summed E-state index contributed by atoms with van der Waals surface area (Å²) < 4.78 is 6.02. The molecule has 0 aliphatic carbocycles. The highest BCUT2D eigenvalue weighted by atomic mass is 127. The summed E-state index contributed by atoms with van der Waals surface area (Å²) in [6.45, 7) is 0.491. The van der Waals surface area contributed by atoms with Crippen molar-refractivity contribution >= 4 is 46.0 Å². The molecule has 0 bridgehead atoms. The van der Waals surface area contributed by atoms with E-state index in [4.69, 9.17) is 16.3 Å². The molecule has 16 heavy (non-hydrogen) atoms. The Hall–Kier alpha value is 0.410. The molecule has 1 aliphatic heterocycles. The standard InChI is InChI=1S/C10H12ClIN2OS/c1-15-5-6-8(12)9(11)14-10(13-6)7-3-2-4-16-7/h7H,2-5H2,1H3. The van der Waals surface area contributed by atoms with Gasteiger partial charge in [-0.15, -0.1) is 0 Å². The van der Waals surface area contributed by atoms with E-state index in [0.717, 1.165) is 21.5 Å². The van der Waals surface area contributed by atoms with Gasteiger partial charge in [-0.05, 0) is 41.2 Å². The van der Waals surface area contributed by atoms with E-state index in [9.17, 15) is 0 Å². The van der Waals surface area contributed by atoms with E-state index >= 15 is 0 Å². The number of thioether (sulfide) groups is 1. The average Bonchev–Trinajstić information content (AvgIpc) is 2.78. The van der Waals surface area contributed by atoms with Crippen molar-refractivity contribution in [3.63, 3.8) is 0 Å². The fourth-order valence-electron chi connectivity index (χ4n) is 1.64. The minimum Gasteiger partial charge on any atom is -0.378 e. The predicted octanol–water partition coefficient (Wildman–Crippen LogP) is 3.45. The van der Waals surface area contributed by atoms with Crippen molar-refractivity contribution in [3.05, 3.63) is 20.2 Å². The van der Waals surface area contributed by atoms with Crippen molar-refractivity contribution in [3.8, 4) is 0 Å². The van der Waals surface area contributed by atoms with Gasteiger partial charge in [-0.3, -0.25) is 0 Å². The second-order valence-corrected chi connectivity index (χ2v) is 6.32. The summed E-state index contributed by atoms with van der Waals surface area (Å²) in [5.41, 5.74) is 0.894. The molecule has 0 aromatic carbocycles. The molecule has 0 radical (unpaired) electrons. The second kappa shape index (κ2) is 5.84. The van der Waals surface area contributed by atoms with E-state index in [1.54, 1.807) is 7.11 Å². The zero-order chi connectivity index (χ0) is 11.5. The molecule has 1 fully saturated rings. The summed E-state index contributed by atoms with van der Waals surface area (Å²) >= 11 is 10.2. The molecule has 88 valence electrons. The lowest BCUT2D eigenvalue weighted by Crippen LogP contribution is -2.06. The largest absolute Gasteiger partial charge is 0.378 e. The Labute approximate surface area is 118 Å². The lowest BCUT2D eigenvalue weighted by molar-refractivity contribution is 0.180. The Bertz CT molecular complexity index is 385. The Morgan fingerprint density at radius 2 is 2.38 bits per heavy atom. The summed E-state index contributed by atoms with van der Waals surface area (Å²) in [7, 11) is 1.66. The lowest BCUT2D eigenvalue weighted by atomic mass is 10.2. The maximum absolute atomic E-state index is 6.11. The van der Waals surface area contributed by atoms with Crippen molar-refractivity contribution in [2.45, 2.75) is 24.7 Å². The number of hydrogen-bond donors (Lipinski definition) is 0. The van der Waals surface area contributed by atoms with Crippen LogP contribution in [0.3, 0.4) is 0 Å². The van der Waals surface area contributed by atoms with Crippen LogP contribution in [-0.4, -0.2) is 22.8 Å². The van der Waals surface area contributed by atoms with Gasteiger partial charge in [-0.1, -0.05) is 11.6 Å². The molecule has 1 unspecified atom stereocenters. The predicted molar refractivity (Wildman–Crippen MR) is 74.9 cm³/mol. The zero-order valence-corrected chi connectivity index (χ0v) is 12.6. The molecule has 2 heterocycles. The second-order valence-electron chi connectivity index (χ2n) is 3.57. The number of rotatable bonds is 3. The lowest BCUT2D eigenvalue weighted by Gasteiger charge is -2.11. The van der Waals surface area contributed by atoms with E-state index < -0.39 is 0 Å². The first-order valence-corrected chi connectivity index (χ1v) is 7.55. The van der Waals surface area contributed by atoms with Gasteiger partial charge in [0.1, 0.15) is 11.0 Å². The van der Waals surface area contributed by atoms with Crippen LogP contribution in [0.15, 0.2) is 0 Å². The molecular weight excluding hydrogens is 359 g/mol. The number of halogens is 2. The SMILES string of the molecule is COCc1nc(C2CCCS2)nc(Cl)c1I. The third-order valence-electron chi connectivity index (χ3n) is 2.40. The topological polar surface area (TPSA) is 35.0 Å². The smallest absolute Gasteiger partial charge is 0.146 e. The molecule has 0 N–H and O–H groups in total. The quantitative estimate of drug-likeness (QED) is 0.603. The van der Waals surface area contributed by atoms with E-state index in [0.29, 0.717) is 17.0 Å². The molecule has 1 aliphatic rings. The fourth-order valence-corrected chi connectivity index (χ4v) is 3.44. The Kier molecular flexibility index (Phi) is 4.69. The molecule has 1 aromatic heterocycles.